The first-order valence-corrected chi connectivity index (χ1v) is 7.61. The molecule has 0 bridgehead atoms. The van der Waals surface area contributed by atoms with E-state index in [2.05, 4.69) is 13.8 Å². The van der Waals surface area contributed by atoms with Crippen LogP contribution < -0.4 is 9.47 Å². The smallest absolute Gasteiger partial charge is 0.161 e. The highest BCUT2D eigenvalue weighted by Crippen LogP contribution is 2.46. The highest BCUT2D eigenvalue weighted by Gasteiger charge is 2.38. The summed E-state index contributed by atoms with van der Waals surface area (Å²) in [6.45, 7) is 5.94. The van der Waals surface area contributed by atoms with Gasteiger partial charge in [0.05, 0.1) is 18.8 Å². The first-order chi connectivity index (χ1) is 9.49. The van der Waals surface area contributed by atoms with Crippen molar-refractivity contribution in [2.24, 2.45) is 5.41 Å². The van der Waals surface area contributed by atoms with Crippen LogP contribution in [0, 0.1) is 5.41 Å². The topological polar surface area (TPSA) is 38.7 Å². The molecule has 1 N–H and O–H groups in total. The summed E-state index contributed by atoms with van der Waals surface area (Å²) in [5.41, 5.74) is 0.606. The molecule has 0 aromatic heterocycles. The van der Waals surface area contributed by atoms with E-state index in [1.165, 1.54) is 0 Å². The van der Waals surface area contributed by atoms with Crippen LogP contribution in [0.3, 0.4) is 0 Å². The van der Waals surface area contributed by atoms with E-state index >= 15 is 0 Å². The summed E-state index contributed by atoms with van der Waals surface area (Å²) in [7, 11) is 0. The maximum Gasteiger partial charge on any atom is 0.161 e. The summed E-state index contributed by atoms with van der Waals surface area (Å²) >= 11 is 0. The van der Waals surface area contributed by atoms with Gasteiger partial charge in [0.1, 0.15) is 0 Å². The molecule has 1 saturated carbocycles. The lowest BCUT2D eigenvalue weighted by atomic mass is 9.69. The highest BCUT2D eigenvalue weighted by molar-refractivity contribution is 5.45. The molecule has 0 amide bonds. The Balaban J connectivity index is 1.85. The van der Waals surface area contributed by atoms with Gasteiger partial charge in [0.2, 0.25) is 0 Å². The minimum absolute atomic E-state index is 0.345. The summed E-state index contributed by atoms with van der Waals surface area (Å²) in [4.78, 5) is 0. The lowest BCUT2D eigenvalue weighted by molar-refractivity contribution is -0.0307. The fourth-order valence-electron chi connectivity index (χ4n) is 3.08. The average molecular weight is 276 g/mol. The van der Waals surface area contributed by atoms with Crippen molar-refractivity contribution in [2.75, 3.05) is 13.2 Å². The lowest BCUT2D eigenvalue weighted by Crippen LogP contribution is -2.34. The zero-order chi connectivity index (χ0) is 14.2. The van der Waals surface area contributed by atoms with Gasteiger partial charge in [-0.1, -0.05) is 19.9 Å². The van der Waals surface area contributed by atoms with Crippen LogP contribution in [0.4, 0.5) is 0 Å². The van der Waals surface area contributed by atoms with Gasteiger partial charge in [-0.3, -0.25) is 0 Å². The van der Waals surface area contributed by atoms with Crippen molar-refractivity contribution in [1.29, 1.82) is 0 Å². The van der Waals surface area contributed by atoms with Gasteiger partial charge < -0.3 is 14.6 Å². The molecule has 1 aliphatic heterocycles. The van der Waals surface area contributed by atoms with Gasteiger partial charge in [0.15, 0.2) is 11.5 Å². The molecule has 2 aliphatic rings. The van der Waals surface area contributed by atoms with Gasteiger partial charge >= 0.3 is 0 Å². The van der Waals surface area contributed by atoms with Crippen molar-refractivity contribution < 1.29 is 14.6 Å². The van der Waals surface area contributed by atoms with E-state index in [0.29, 0.717) is 18.6 Å². The van der Waals surface area contributed by atoms with Gasteiger partial charge in [-0.05, 0) is 48.8 Å². The highest BCUT2D eigenvalue weighted by atomic mass is 16.5. The maximum absolute atomic E-state index is 11.0. The third kappa shape index (κ3) is 2.64. The number of ether oxygens (including phenoxy) is 2. The predicted octanol–water partition coefficient (Wildman–Crippen LogP) is 3.64. The second-order valence-corrected chi connectivity index (χ2v) is 6.91. The maximum atomic E-state index is 11.0. The van der Waals surface area contributed by atoms with Crippen molar-refractivity contribution in [3.05, 3.63) is 23.8 Å². The quantitative estimate of drug-likeness (QED) is 0.851. The van der Waals surface area contributed by atoms with Crippen LogP contribution in [0.25, 0.3) is 0 Å². The fourth-order valence-corrected chi connectivity index (χ4v) is 3.08. The Bertz CT molecular complexity index is 483. The number of hydrogen-bond acceptors (Lipinski definition) is 3. The molecule has 1 aromatic rings. The van der Waals surface area contributed by atoms with Gasteiger partial charge in [0.25, 0.3) is 0 Å². The Morgan fingerprint density at radius 3 is 2.30 bits per heavy atom. The molecule has 3 rings (SSSR count). The molecular formula is C17H24O3. The first kappa shape index (κ1) is 13.7. The van der Waals surface area contributed by atoms with E-state index in [1.54, 1.807) is 0 Å². The second-order valence-electron chi connectivity index (χ2n) is 6.91. The van der Waals surface area contributed by atoms with Crippen LogP contribution in [0.1, 0.15) is 51.5 Å². The van der Waals surface area contributed by atoms with Crippen molar-refractivity contribution in [3.63, 3.8) is 0 Å². The predicted molar refractivity (Wildman–Crippen MR) is 78.2 cm³/mol. The molecule has 0 spiro atoms. The van der Waals surface area contributed by atoms with Crippen molar-refractivity contribution >= 4 is 0 Å². The molecule has 3 nitrogen and oxygen atoms in total. The van der Waals surface area contributed by atoms with Crippen LogP contribution in [0.15, 0.2) is 18.2 Å². The van der Waals surface area contributed by atoms with Crippen LogP contribution in [0.5, 0.6) is 11.5 Å². The van der Waals surface area contributed by atoms with Gasteiger partial charge in [0, 0.05) is 6.42 Å². The number of benzene rings is 1. The zero-order valence-corrected chi connectivity index (χ0v) is 12.4. The van der Waals surface area contributed by atoms with E-state index in [0.717, 1.165) is 49.2 Å². The molecule has 3 heteroatoms. The summed E-state index contributed by atoms with van der Waals surface area (Å²) < 4.78 is 11.4. The van der Waals surface area contributed by atoms with Gasteiger partial charge in [-0.25, -0.2) is 0 Å². The Morgan fingerprint density at radius 1 is 0.950 bits per heavy atom. The van der Waals surface area contributed by atoms with E-state index in [4.69, 9.17) is 9.47 Å². The van der Waals surface area contributed by atoms with E-state index in [-0.39, 0.29) is 0 Å². The summed E-state index contributed by atoms with van der Waals surface area (Å²) in [6.07, 6.45) is 4.65. The van der Waals surface area contributed by atoms with Crippen molar-refractivity contribution in [2.45, 2.75) is 51.6 Å². The minimum atomic E-state index is -0.708. The Hall–Kier alpha value is -1.22. The summed E-state index contributed by atoms with van der Waals surface area (Å²) in [6, 6.07) is 5.90. The SMILES string of the molecule is CC1(C)CCC(O)(c2ccc3c(c2)OCCCO3)CC1. The third-order valence-corrected chi connectivity index (χ3v) is 4.72. The molecule has 110 valence electrons. The van der Waals surface area contributed by atoms with Crippen LogP contribution in [-0.4, -0.2) is 18.3 Å². The standard InChI is InChI=1S/C17H24O3/c1-16(2)6-8-17(18,9-7-16)13-4-5-14-15(12-13)20-11-3-10-19-14/h4-5,12,18H,3,6-11H2,1-2H3. The number of rotatable bonds is 1. The van der Waals surface area contributed by atoms with Crippen LogP contribution in [-0.2, 0) is 5.60 Å². The fraction of sp³-hybridized carbons (Fsp3) is 0.647. The van der Waals surface area contributed by atoms with Crippen molar-refractivity contribution in [1.82, 2.24) is 0 Å². The molecule has 0 atom stereocenters. The number of hydrogen-bond donors (Lipinski definition) is 1. The Labute approximate surface area is 120 Å². The second kappa shape index (κ2) is 4.96. The molecule has 1 heterocycles. The van der Waals surface area contributed by atoms with Gasteiger partial charge in [-0.2, -0.15) is 0 Å². The normalized spacial score (nSPS) is 23.9. The molecule has 1 aromatic carbocycles. The molecule has 1 fully saturated rings. The summed E-state index contributed by atoms with van der Waals surface area (Å²) in [5, 5.41) is 11.0. The molecule has 20 heavy (non-hydrogen) atoms. The Morgan fingerprint density at radius 2 is 1.60 bits per heavy atom. The lowest BCUT2D eigenvalue weighted by Gasteiger charge is -2.40. The zero-order valence-electron chi connectivity index (χ0n) is 12.4. The number of aliphatic hydroxyl groups is 1. The molecule has 0 saturated heterocycles. The monoisotopic (exact) mass is 276 g/mol. The Kier molecular flexibility index (Phi) is 3.41. The first-order valence-electron chi connectivity index (χ1n) is 7.61. The van der Waals surface area contributed by atoms with E-state index in [1.807, 2.05) is 18.2 Å². The molecule has 0 radical (unpaired) electrons. The third-order valence-electron chi connectivity index (χ3n) is 4.72. The average Bonchev–Trinajstić information content (AvgIpc) is 2.67. The van der Waals surface area contributed by atoms with E-state index < -0.39 is 5.60 Å². The molecular weight excluding hydrogens is 252 g/mol. The van der Waals surface area contributed by atoms with Crippen LogP contribution >= 0.6 is 0 Å². The van der Waals surface area contributed by atoms with Crippen molar-refractivity contribution in [3.8, 4) is 11.5 Å². The molecule has 1 aliphatic carbocycles. The van der Waals surface area contributed by atoms with Gasteiger partial charge in [-0.15, -0.1) is 0 Å². The summed E-state index contributed by atoms with van der Waals surface area (Å²) in [5.74, 6) is 1.57. The minimum Gasteiger partial charge on any atom is -0.490 e. The largest absolute Gasteiger partial charge is 0.490 e. The number of fused-ring (bicyclic) bond motifs is 1. The van der Waals surface area contributed by atoms with Crippen LogP contribution in [0.2, 0.25) is 0 Å². The van der Waals surface area contributed by atoms with E-state index in [9.17, 15) is 5.11 Å². The molecule has 0 unspecified atom stereocenters.